The lowest BCUT2D eigenvalue weighted by Crippen LogP contribution is -2.32. The Morgan fingerprint density at radius 1 is 1.07 bits per heavy atom. The zero-order valence-corrected chi connectivity index (χ0v) is 17.3. The third-order valence-electron chi connectivity index (χ3n) is 5.47. The summed E-state index contributed by atoms with van der Waals surface area (Å²) in [6.07, 6.45) is 1.76. The first kappa shape index (κ1) is 14.3. The molecular weight excluding hydrogens is 344 g/mol. The molecule has 3 nitrogen and oxygen atoms in total. The van der Waals surface area contributed by atoms with Gasteiger partial charge in [0.25, 0.3) is 0 Å². The van der Waals surface area contributed by atoms with Gasteiger partial charge in [0.1, 0.15) is 7.05 Å². The summed E-state index contributed by atoms with van der Waals surface area (Å²) in [6, 6.07) is 10.2. The molecule has 0 spiro atoms. The predicted octanol–water partition coefficient (Wildman–Crippen LogP) is 6.34. The van der Waals surface area contributed by atoms with Gasteiger partial charge in [0.05, 0.1) is 5.56 Å². The Bertz CT molecular complexity index is 1350. The number of hydrogen-bond acceptors (Lipinski definition) is 2. The summed E-state index contributed by atoms with van der Waals surface area (Å²) in [6.45, 7) is 7.13. The average molecular weight is 378 g/mol. The van der Waals surface area contributed by atoms with Crippen LogP contribution in [0.5, 0.6) is 0 Å². The molecule has 1 unspecified atom stereocenters. The molecular formula is C25H29N2O+. The first-order valence-corrected chi connectivity index (χ1v) is 9.67. The Hall–Kier alpha value is -2.68. The first-order chi connectivity index (χ1) is 14.8. The van der Waals surface area contributed by atoms with Crippen molar-refractivity contribution < 1.29 is 14.5 Å². The van der Waals surface area contributed by atoms with E-state index in [2.05, 4.69) is 32.0 Å². The molecule has 0 radical (unpaired) electrons. The molecule has 3 heterocycles. The van der Waals surface area contributed by atoms with E-state index in [9.17, 15) is 0 Å². The molecule has 0 bridgehead atoms. The van der Waals surface area contributed by atoms with E-state index < -0.39 is 12.7 Å². The zero-order valence-electron chi connectivity index (χ0n) is 21.3. The van der Waals surface area contributed by atoms with Gasteiger partial charge in [-0.3, -0.25) is 0 Å². The molecule has 1 atom stereocenters. The normalized spacial score (nSPS) is 16.7. The van der Waals surface area contributed by atoms with E-state index >= 15 is 0 Å². The Morgan fingerprint density at radius 2 is 1.82 bits per heavy atom. The van der Waals surface area contributed by atoms with Gasteiger partial charge in [-0.25, -0.2) is 9.55 Å². The van der Waals surface area contributed by atoms with Crippen LogP contribution in [0.1, 0.15) is 67.3 Å². The minimum Gasteiger partial charge on any atom is -0.437 e. The number of aromatic nitrogens is 2. The molecule has 0 amide bonds. The van der Waals surface area contributed by atoms with Crippen LogP contribution in [0.15, 0.2) is 40.9 Å². The number of aryl methyl sites for hydroxylation is 3. The van der Waals surface area contributed by atoms with Crippen molar-refractivity contribution in [3.05, 3.63) is 58.9 Å². The SMILES string of the molecule is [2H]C([2H])([2H])C([2H])(C)c1c[n+](C)c(-c2c(C)ccc3c2oc2nc(C(C)C)ccc23)cc1C. The molecule has 0 saturated heterocycles. The van der Waals surface area contributed by atoms with E-state index in [1.165, 1.54) is 6.92 Å². The van der Waals surface area contributed by atoms with E-state index in [1.54, 1.807) is 6.20 Å². The highest BCUT2D eigenvalue weighted by atomic mass is 16.3. The van der Waals surface area contributed by atoms with Crippen molar-refractivity contribution >= 4 is 22.1 Å². The molecule has 3 heteroatoms. The van der Waals surface area contributed by atoms with Crippen molar-refractivity contribution in [3.8, 4) is 11.3 Å². The van der Waals surface area contributed by atoms with Crippen LogP contribution < -0.4 is 4.57 Å². The van der Waals surface area contributed by atoms with E-state index in [1.807, 2.05) is 37.6 Å². The van der Waals surface area contributed by atoms with Gasteiger partial charge >= 0.3 is 0 Å². The molecule has 0 aliphatic carbocycles. The van der Waals surface area contributed by atoms with Gasteiger partial charge < -0.3 is 4.42 Å². The average Bonchev–Trinajstić information content (AvgIpc) is 3.06. The van der Waals surface area contributed by atoms with Crippen LogP contribution in [0, 0.1) is 13.8 Å². The lowest BCUT2D eigenvalue weighted by Gasteiger charge is -2.11. The molecule has 0 aliphatic heterocycles. The number of fused-ring (bicyclic) bond motifs is 3. The molecule has 0 saturated carbocycles. The topological polar surface area (TPSA) is 29.9 Å². The number of hydrogen-bond donors (Lipinski definition) is 0. The second-order valence-electron chi connectivity index (χ2n) is 7.97. The van der Waals surface area contributed by atoms with E-state index in [0.717, 1.165) is 44.4 Å². The first-order valence-electron chi connectivity index (χ1n) is 11.7. The minimum absolute atomic E-state index is 0.305. The predicted molar refractivity (Wildman–Crippen MR) is 116 cm³/mol. The Morgan fingerprint density at radius 3 is 2.54 bits per heavy atom. The van der Waals surface area contributed by atoms with Crippen molar-refractivity contribution in [1.29, 1.82) is 0 Å². The fraction of sp³-hybridized carbons (Fsp3) is 0.360. The van der Waals surface area contributed by atoms with Crippen LogP contribution in [0.25, 0.3) is 33.3 Å². The van der Waals surface area contributed by atoms with Crippen LogP contribution >= 0.6 is 0 Å². The number of furan rings is 1. The van der Waals surface area contributed by atoms with Crippen LogP contribution in [0.3, 0.4) is 0 Å². The Balaban J connectivity index is 1.98. The Labute approximate surface area is 172 Å². The lowest BCUT2D eigenvalue weighted by molar-refractivity contribution is -0.660. The van der Waals surface area contributed by atoms with Gasteiger partial charge in [-0.1, -0.05) is 39.8 Å². The fourth-order valence-electron chi connectivity index (χ4n) is 3.86. The quantitative estimate of drug-likeness (QED) is 0.390. The molecule has 1 aromatic carbocycles. The third kappa shape index (κ3) is 2.90. The third-order valence-corrected chi connectivity index (χ3v) is 5.47. The summed E-state index contributed by atoms with van der Waals surface area (Å²) < 4.78 is 40.2. The highest BCUT2D eigenvalue weighted by molar-refractivity contribution is 6.08. The zero-order chi connectivity index (χ0) is 23.6. The van der Waals surface area contributed by atoms with Crippen molar-refractivity contribution in [2.75, 3.05) is 0 Å². The maximum Gasteiger partial charge on any atom is 0.227 e. The highest BCUT2D eigenvalue weighted by Crippen LogP contribution is 2.37. The summed E-state index contributed by atoms with van der Waals surface area (Å²) in [5.41, 5.74) is 6.52. The van der Waals surface area contributed by atoms with Gasteiger partial charge in [0.15, 0.2) is 11.8 Å². The maximum absolute atomic E-state index is 8.53. The number of rotatable bonds is 3. The van der Waals surface area contributed by atoms with Crippen molar-refractivity contribution in [2.45, 2.75) is 53.3 Å². The molecule has 4 aromatic rings. The van der Waals surface area contributed by atoms with Gasteiger partial charge in [-0.15, -0.1) is 0 Å². The lowest BCUT2D eigenvalue weighted by atomic mass is 9.95. The second kappa shape index (κ2) is 6.73. The van der Waals surface area contributed by atoms with Gasteiger partial charge in [-0.2, -0.15) is 0 Å². The largest absolute Gasteiger partial charge is 0.437 e. The maximum atomic E-state index is 8.53. The molecule has 28 heavy (non-hydrogen) atoms. The number of pyridine rings is 2. The molecule has 0 fully saturated rings. The fourth-order valence-corrected chi connectivity index (χ4v) is 3.86. The van der Waals surface area contributed by atoms with Crippen molar-refractivity contribution in [1.82, 2.24) is 4.98 Å². The summed E-state index contributed by atoms with van der Waals surface area (Å²) in [5, 5.41) is 1.97. The van der Waals surface area contributed by atoms with Gasteiger partial charge in [0.2, 0.25) is 11.4 Å². The number of nitrogens with zero attached hydrogens (tertiary/aromatic N) is 2. The minimum atomic E-state index is -2.43. The van der Waals surface area contributed by atoms with Crippen molar-refractivity contribution in [3.63, 3.8) is 0 Å². The van der Waals surface area contributed by atoms with Crippen LogP contribution in [0.2, 0.25) is 0 Å². The summed E-state index contributed by atoms with van der Waals surface area (Å²) in [5.74, 6) is -1.40. The molecule has 4 rings (SSSR count). The van der Waals surface area contributed by atoms with Crippen LogP contribution in [0.4, 0.5) is 0 Å². The summed E-state index contributed by atoms with van der Waals surface area (Å²) in [7, 11) is 1.88. The van der Waals surface area contributed by atoms with Gasteiger partial charge in [-0.05, 0) is 48.9 Å². The monoisotopic (exact) mass is 377 g/mol. The molecule has 0 aliphatic rings. The second-order valence-corrected chi connectivity index (χ2v) is 7.97. The van der Waals surface area contributed by atoms with Crippen molar-refractivity contribution in [2.24, 2.45) is 7.05 Å². The highest BCUT2D eigenvalue weighted by Gasteiger charge is 2.23. The van der Waals surface area contributed by atoms with Crippen LogP contribution in [-0.2, 0) is 7.05 Å². The van der Waals surface area contributed by atoms with E-state index in [4.69, 9.17) is 14.9 Å². The smallest absolute Gasteiger partial charge is 0.227 e. The van der Waals surface area contributed by atoms with Crippen LogP contribution in [-0.4, -0.2) is 4.98 Å². The number of benzene rings is 1. The van der Waals surface area contributed by atoms with E-state index in [-0.39, 0.29) is 0 Å². The Kier molecular flexibility index (Phi) is 3.45. The van der Waals surface area contributed by atoms with Gasteiger partial charge in [0, 0.05) is 33.6 Å². The van der Waals surface area contributed by atoms with E-state index in [0.29, 0.717) is 17.2 Å². The summed E-state index contributed by atoms with van der Waals surface area (Å²) in [4.78, 5) is 4.73. The molecule has 144 valence electrons. The standard InChI is InChI=1S/C25H29N2O/c1-14(2)20-13-27(7)22(12-17(20)6)23-16(5)8-9-18-19-10-11-21(15(3)4)26-25(19)28-24(18)23/h8-15H,1-7H3/q+1/i1D3,14D. The molecule has 3 aromatic heterocycles. The molecule has 0 N–H and O–H groups in total. The summed E-state index contributed by atoms with van der Waals surface area (Å²) >= 11 is 0.